The van der Waals surface area contributed by atoms with Crippen molar-refractivity contribution in [2.45, 2.75) is 47.6 Å². The number of methoxy groups -OCH3 is 1. The number of amides is 1. The Morgan fingerprint density at radius 2 is 1.86 bits per heavy atom. The SMILES string of the molecule is CC.COCC(C)(C)C(C)NC(C)=O. The summed E-state index contributed by atoms with van der Waals surface area (Å²) in [6.45, 7) is 12.3. The van der Waals surface area contributed by atoms with Gasteiger partial charge in [0, 0.05) is 25.5 Å². The van der Waals surface area contributed by atoms with Gasteiger partial charge in [-0.2, -0.15) is 0 Å². The summed E-state index contributed by atoms with van der Waals surface area (Å²) in [6, 6.07) is 0.134. The van der Waals surface area contributed by atoms with Gasteiger partial charge in [0.05, 0.1) is 6.61 Å². The highest BCUT2D eigenvalue weighted by Gasteiger charge is 2.26. The first-order valence-corrected chi connectivity index (χ1v) is 5.16. The average Bonchev–Trinajstić information content (AvgIpc) is 2.06. The van der Waals surface area contributed by atoms with E-state index in [9.17, 15) is 4.79 Å². The molecule has 0 radical (unpaired) electrons. The third kappa shape index (κ3) is 6.89. The summed E-state index contributed by atoms with van der Waals surface area (Å²) < 4.78 is 5.06. The molecule has 0 aliphatic heterocycles. The number of hydrogen-bond acceptors (Lipinski definition) is 2. The molecule has 1 N–H and O–H groups in total. The van der Waals surface area contributed by atoms with E-state index in [0.717, 1.165) is 0 Å². The van der Waals surface area contributed by atoms with Gasteiger partial charge in [-0.1, -0.05) is 27.7 Å². The van der Waals surface area contributed by atoms with Crippen LogP contribution in [-0.4, -0.2) is 25.7 Å². The van der Waals surface area contributed by atoms with Gasteiger partial charge in [0.25, 0.3) is 0 Å². The molecule has 0 saturated carbocycles. The van der Waals surface area contributed by atoms with Crippen LogP contribution in [-0.2, 0) is 9.53 Å². The highest BCUT2D eigenvalue weighted by Crippen LogP contribution is 2.20. The van der Waals surface area contributed by atoms with Gasteiger partial charge in [-0.25, -0.2) is 0 Å². The molecule has 0 saturated heterocycles. The quantitative estimate of drug-likeness (QED) is 0.760. The molecular weight excluding hydrogens is 178 g/mol. The van der Waals surface area contributed by atoms with Crippen LogP contribution in [0.4, 0.5) is 0 Å². The van der Waals surface area contributed by atoms with E-state index in [1.165, 1.54) is 6.92 Å². The fraction of sp³-hybridized carbons (Fsp3) is 0.909. The Balaban J connectivity index is 0. The zero-order valence-corrected chi connectivity index (χ0v) is 10.6. The minimum atomic E-state index is -0.0135. The maximum Gasteiger partial charge on any atom is 0.217 e. The molecule has 0 aliphatic rings. The standard InChI is InChI=1S/C9H19NO2.C2H6/c1-7(10-8(2)11)9(3,4)6-12-5;1-2/h7H,6H2,1-5H3,(H,10,11);1-2H3. The molecule has 3 heteroatoms. The maximum atomic E-state index is 10.8. The van der Waals surface area contributed by atoms with Gasteiger partial charge in [-0.15, -0.1) is 0 Å². The van der Waals surface area contributed by atoms with Gasteiger partial charge in [-0.05, 0) is 6.92 Å². The number of carbonyl (C=O) groups is 1. The molecule has 1 unspecified atom stereocenters. The van der Waals surface area contributed by atoms with E-state index in [1.54, 1.807) is 7.11 Å². The van der Waals surface area contributed by atoms with Crippen LogP contribution in [0, 0.1) is 5.41 Å². The third-order valence-corrected chi connectivity index (χ3v) is 2.11. The Kier molecular flexibility index (Phi) is 8.85. The Bertz CT molecular complexity index is 155. The smallest absolute Gasteiger partial charge is 0.217 e. The minimum Gasteiger partial charge on any atom is -0.384 e. The predicted octanol–water partition coefficient (Wildman–Crippen LogP) is 2.21. The Hall–Kier alpha value is -0.570. The van der Waals surface area contributed by atoms with Crippen LogP contribution in [0.1, 0.15) is 41.5 Å². The van der Waals surface area contributed by atoms with Crippen molar-refractivity contribution in [3.63, 3.8) is 0 Å². The van der Waals surface area contributed by atoms with Crippen molar-refractivity contribution in [2.24, 2.45) is 5.41 Å². The first kappa shape index (κ1) is 15.9. The molecule has 0 aromatic heterocycles. The van der Waals surface area contributed by atoms with Crippen LogP contribution in [0.15, 0.2) is 0 Å². The highest BCUT2D eigenvalue weighted by atomic mass is 16.5. The van der Waals surface area contributed by atoms with Crippen LogP contribution in [0.25, 0.3) is 0 Å². The maximum absolute atomic E-state index is 10.8. The number of nitrogens with one attached hydrogen (secondary N) is 1. The fourth-order valence-electron chi connectivity index (χ4n) is 0.997. The summed E-state index contributed by atoms with van der Waals surface area (Å²) in [6.07, 6.45) is 0. The summed E-state index contributed by atoms with van der Waals surface area (Å²) in [5.74, 6) is 0.00618. The molecular formula is C11H25NO2. The van der Waals surface area contributed by atoms with Gasteiger partial charge >= 0.3 is 0 Å². The number of carbonyl (C=O) groups excluding carboxylic acids is 1. The van der Waals surface area contributed by atoms with E-state index in [1.807, 2.05) is 20.8 Å². The van der Waals surface area contributed by atoms with E-state index in [-0.39, 0.29) is 17.4 Å². The third-order valence-electron chi connectivity index (χ3n) is 2.11. The average molecular weight is 203 g/mol. The minimum absolute atomic E-state index is 0.00618. The molecule has 0 rings (SSSR count). The van der Waals surface area contributed by atoms with Crippen LogP contribution >= 0.6 is 0 Å². The Labute approximate surface area is 88.2 Å². The van der Waals surface area contributed by atoms with E-state index < -0.39 is 0 Å². The highest BCUT2D eigenvalue weighted by molar-refractivity contribution is 5.73. The second-order valence-electron chi connectivity index (χ2n) is 3.84. The molecule has 0 aromatic rings. The molecule has 3 nitrogen and oxygen atoms in total. The molecule has 0 fully saturated rings. The summed E-state index contributed by atoms with van der Waals surface area (Å²) >= 11 is 0. The fourth-order valence-corrected chi connectivity index (χ4v) is 0.997. The Morgan fingerprint density at radius 1 is 1.43 bits per heavy atom. The van der Waals surface area contributed by atoms with Crippen LogP contribution in [0.2, 0.25) is 0 Å². The summed E-state index contributed by atoms with van der Waals surface area (Å²) in [4.78, 5) is 10.8. The van der Waals surface area contributed by atoms with Crippen molar-refractivity contribution < 1.29 is 9.53 Å². The predicted molar refractivity (Wildman–Crippen MR) is 60.3 cm³/mol. The van der Waals surface area contributed by atoms with Crippen molar-refractivity contribution in [3.8, 4) is 0 Å². The first-order valence-electron chi connectivity index (χ1n) is 5.16. The Morgan fingerprint density at radius 3 is 2.14 bits per heavy atom. The molecule has 0 aliphatic carbocycles. The van der Waals surface area contributed by atoms with Crippen LogP contribution in [0.5, 0.6) is 0 Å². The van der Waals surface area contributed by atoms with E-state index in [4.69, 9.17) is 4.74 Å². The lowest BCUT2D eigenvalue weighted by Gasteiger charge is -2.31. The number of hydrogen-bond donors (Lipinski definition) is 1. The lowest BCUT2D eigenvalue weighted by Crippen LogP contribution is -2.44. The van der Waals surface area contributed by atoms with Crippen molar-refractivity contribution in [3.05, 3.63) is 0 Å². The van der Waals surface area contributed by atoms with Gasteiger partial charge in [-0.3, -0.25) is 4.79 Å². The van der Waals surface area contributed by atoms with Gasteiger partial charge in [0.2, 0.25) is 5.91 Å². The van der Waals surface area contributed by atoms with Crippen molar-refractivity contribution in [1.82, 2.24) is 5.32 Å². The van der Waals surface area contributed by atoms with Crippen LogP contribution < -0.4 is 5.32 Å². The van der Waals surface area contributed by atoms with Gasteiger partial charge in [0.1, 0.15) is 0 Å². The molecule has 0 spiro atoms. The second kappa shape index (κ2) is 7.80. The van der Waals surface area contributed by atoms with Gasteiger partial charge < -0.3 is 10.1 Å². The molecule has 14 heavy (non-hydrogen) atoms. The lowest BCUT2D eigenvalue weighted by molar-refractivity contribution is -0.120. The number of ether oxygens (including phenoxy) is 1. The molecule has 0 aromatic carbocycles. The lowest BCUT2D eigenvalue weighted by atomic mass is 9.86. The molecule has 1 atom stereocenters. The van der Waals surface area contributed by atoms with E-state index in [2.05, 4.69) is 19.2 Å². The van der Waals surface area contributed by atoms with Gasteiger partial charge in [0.15, 0.2) is 0 Å². The molecule has 1 amide bonds. The normalized spacial score (nSPS) is 12.5. The summed E-state index contributed by atoms with van der Waals surface area (Å²) in [5.41, 5.74) is -0.0135. The van der Waals surface area contributed by atoms with Crippen molar-refractivity contribution in [2.75, 3.05) is 13.7 Å². The second-order valence-corrected chi connectivity index (χ2v) is 3.84. The summed E-state index contributed by atoms with van der Waals surface area (Å²) in [7, 11) is 1.67. The zero-order chi connectivity index (χ0) is 11.8. The first-order chi connectivity index (χ1) is 6.40. The molecule has 0 heterocycles. The zero-order valence-electron chi connectivity index (χ0n) is 10.6. The van der Waals surface area contributed by atoms with E-state index >= 15 is 0 Å². The molecule has 0 bridgehead atoms. The number of rotatable bonds is 4. The topological polar surface area (TPSA) is 38.3 Å². The monoisotopic (exact) mass is 203 g/mol. The largest absolute Gasteiger partial charge is 0.384 e. The van der Waals surface area contributed by atoms with E-state index in [0.29, 0.717) is 6.61 Å². The van der Waals surface area contributed by atoms with Crippen LogP contribution in [0.3, 0.4) is 0 Å². The van der Waals surface area contributed by atoms with Crippen molar-refractivity contribution in [1.29, 1.82) is 0 Å². The summed E-state index contributed by atoms with van der Waals surface area (Å²) in [5, 5.41) is 2.85. The van der Waals surface area contributed by atoms with Crippen molar-refractivity contribution >= 4 is 5.91 Å². The molecule has 86 valence electrons.